The first-order valence-electron chi connectivity index (χ1n) is 12.7. The molecule has 0 amide bonds. The molecule has 2 aliphatic heterocycles. The molecule has 190 valence electrons. The van der Waals surface area contributed by atoms with E-state index >= 15 is 0 Å². The number of hydrogen-bond acceptors (Lipinski definition) is 5. The fourth-order valence-corrected chi connectivity index (χ4v) is 5.22. The Morgan fingerprint density at radius 3 is 2.59 bits per heavy atom. The van der Waals surface area contributed by atoms with E-state index in [0.717, 1.165) is 12.8 Å². The van der Waals surface area contributed by atoms with E-state index in [1.807, 2.05) is 6.08 Å². The Labute approximate surface area is 204 Å². The summed E-state index contributed by atoms with van der Waals surface area (Å²) in [4.78, 5) is 11.0. The van der Waals surface area contributed by atoms with Crippen LogP contribution >= 0.6 is 0 Å². The largest absolute Gasteiger partial charge is 0.481 e. The SMILES string of the molecule is CC[C@H]1O[C@@H](/C(C)=C/[C@H](C)/C=C/C2[C@@H](C)[C@@H]2/C=C/[C@@H]2O[C@H](CC(=O)O)C[C@@H](O)[C@H]2O)CC=C1C. The summed E-state index contributed by atoms with van der Waals surface area (Å²) >= 11 is 0. The molecule has 0 aromatic rings. The molecule has 6 nitrogen and oxygen atoms in total. The topological polar surface area (TPSA) is 96.2 Å². The van der Waals surface area contributed by atoms with Crippen LogP contribution in [-0.4, -0.2) is 57.9 Å². The van der Waals surface area contributed by atoms with Gasteiger partial charge in [-0.05, 0) is 61.5 Å². The lowest BCUT2D eigenvalue weighted by Gasteiger charge is -2.35. The molecule has 1 aliphatic carbocycles. The van der Waals surface area contributed by atoms with E-state index in [9.17, 15) is 15.0 Å². The van der Waals surface area contributed by atoms with Crippen molar-refractivity contribution in [2.75, 3.05) is 0 Å². The zero-order valence-corrected chi connectivity index (χ0v) is 21.1. The quantitative estimate of drug-likeness (QED) is 0.428. The van der Waals surface area contributed by atoms with Gasteiger partial charge in [0.05, 0.1) is 30.8 Å². The zero-order valence-electron chi connectivity index (χ0n) is 21.1. The van der Waals surface area contributed by atoms with Crippen LogP contribution in [0.2, 0.25) is 0 Å². The molecule has 1 saturated heterocycles. The number of carboxylic acid groups (broad SMARTS) is 1. The van der Waals surface area contributed by atoms with E-state index in [-0.39, 0.29) is 25.0 Å². The number of rotatable bonds is 9. The second kappa shape index (κ2) is 11.8. The Kier molecular flexibility index (Phi) is 9.33. The highest BCUT2D eigenvalue weighted by molar-refractivity contribution is 5.67. The Morgan fingerprint density at radius 1 is 1.21 bits per heavy atom. The Hall–Kier alpha value is -1.73. The number of aliphatic hydroxyl groups excluding tert-OH is 2. The van der Waals surface area contributed by atoms with Gasteiger partial charge in [0.25, 0.3) is 0 Å². The van der Waals surface area contributed by atoms with Gasteiger partial charge in [-0.2, -0.15) is 0 Å². The molecule has 3 rings (SSSR count). The van der Waals surface area contributed by atoms with Crippen molar-refractivity contribution in [3.63, 3.8) is 0 Å². The van der Waals surface area contributed by atoms with Crippen LogP contribution in [0.4, 0.5) is 0 Å². The molecule has 2 heterocycles. The van der Waals surface area contributed by atoms with Crippen molar-refractivity contribution in [3.05, 3.63) is 47.6 Å². The molecular formula is C28H42O6. The number of aliphatic hydroxyl groups is 2. The normalized spacial score (nSPS) is 39.9. The van der Waals surface area contributed by atoms with Gasteiger partial charge in [0.1, 0.15) is 12.2 Å². The van der Waals surface area contributed by atoms with Crippen LogP contribution in [-0.2, 0) is 14.3 Å². The first-order valence-corrected chi connectivity index (χ1v) is 12.7. The van der Waals surface area contributed by atoms with Crippen molar-refractivity contribution in [2.45, 2.75) is 96.9 Å². The molecule has 0 spiro atoms. The molecule has 34 heavy (non-hydrogen) atoms. The van der Waals surface area contributed by atoms with Gasteiger partial charge in [0, 0.05) is 6.42 Å². The third-order valence-electron chi connectivity index (χ3n) is 7.56. The molecule has 0 aromatic heterocycles. The lowest BCUT2D eigenvalue weighted by molar-refractivity contribution is -0.163. The van der Waals surface area contributed by atoms with Crippen molar-refractivity contribution in [1.82, 2.24) is 0 Å². The minimum absolute atomic E-state index is 0.134. The van der Waals surface area contributed by atoms with Crippen molar-refractivity contribution in [3.8, 4) is 0 Å². The minimum atomic E-state index is -1.04. The Morgan fingerprint density at radius 2 is 1.91 bits per heavy atom. The fourth-order valence-electron chi connectivity index (χ4n) is 5.22. The maximum Gasteiger partial charge on any atom is 0.305 e. The smallest absolute Gasteiger partial charge is 0.305 e. The molecule has 1 unspecified atom stereocenters. The third kappa shape index (κ3) is 6.91. The Balaban J connectivity index is 1.53. The maximum absolute atomic E-state index is 11.0. The summed E-state index contributed by atoms with van der Waals surface area (Å²) in [5.74, 6) is 0.603. The highest BCUT2D eigenvalue weighted by Gasteiger charge is 2.43. The number of ether oxygens (including phenoxy) is 2. The first kappa shape index (κ1) is 26.9. The predicted molar refractivity (Wildman–Crippen MR) is 132 cm³/mol. The number of carboxylic acids is 1. The molecule has 1 saturated carbocycles. The van der Waals surface area contributed by atoms with Crippen LogP contribution < -0.4 is 0 Å². The van der Waals surface area contributed by atoms with Crippen LogP contribution in [0.5, 0.6) is 0 Å². The number of hydrogen-bond donors (Lipinski definition) is 3. The van der Waals surface area contributed by atoms with Crippen LogP contribution in [0.3, 0.4) is 0 Å². The molecule has 0 bridgehead atoms. The lowest BCUT2D eigenvalue weighted by Crippen LogP contribution is -2.47. The van der Waals surface area contributed by atoms with E-state index in [1.54, 1.807) is 6.08 Å². The van der Waals surface area contributed by atoms with Crippen molar-refractivity contribution in [2.24, 2.45) is 23.7 Å². The van der Waals surface area contributed by atoms with Gasteiger partial charge < -0.3 is 24.8 Å². The predicted octanol–water partition coefficient (Wildman–Crippen LogP) is 4.43. The average molecular weight is 475 g/mol. The zero-order chi connectivity index (χ0) is 25.0. The summed E-state index contributed by atoms with van der Waals surface area (Å²) in [7, 11) is 0. The van der Waals surface area contributed by atoms with Gasteiger partial charge >= 0.3 is 5.97 Å². The van der Waals surface area contributed by atoms with Gasteiger partial charge in [-0.1, -0.05) is 57.2 Å². The van der Waals surface area contributed by atoms with E-state index in [2.05, 4.69) is 58.9 Å². The molecule has 2 fully saturated rings. The molecule has 6 heteroatoms. The van der Waals surface area contributed by atoms with E-state index in [0.29, 0.717) is 23.7 Å². The number of allylic oxidation sites excluding steroid dienone is 4. The first-order chi connectivity index (χ1) is 16.1. The van der Waals surface area contributed by atoms with Crippen molar-refractivity contribution < 1.29 is 29.6 Å². The van der Waals surface area contributed by atoms with Crippen LogP contribution in [0, 0.1) is 23.7 Å². The average Bonchev–Trinajstić information content (AvgIpc) is 3.40. The maximum atomic E-state index is 11.0. The molecule has 3 N–H and O–H groups in total. The highest BCUT2D eigenvalue weighted by atomic mass is 16.5. The summed E-state index contributed by atoms with van der Waals surface area (Å²) in [5.41, 5.74) is 2.61. The third-order valence-corrected chi connectivity index (χ3v) is 7.56. The Bertz CT molecular complexity index is 827. The van der Waals surface area contributed by atoms with Gasteiger partial charge in [-0.15, -0.1) is 0 Å². The molecule has 0 aromatic carbocycles. The van der Waals surface area contributed by atoms with Crippen LogP contribution in [0.15, 0.2) is 47.6 Å². The molecule has 10 atom stereocenters. The standard InChI is InChI=1S/C28H42O6/c1-6-24-17(3)8-11-25(34-24)18(4)13-16(2)7-9-21-19(5)22(21)10-12-26-28(32)23(29)14-20(33-26)15-27(30)31/h7-10,12-13,16,19-26,28-29,32H,6,11,14-15H2,1-5H3,(H,30,31)/b9-7+,12-10+,18-13+/t16-,19-,20+,21?,22+,23-,24-,25-,26+,28-/m1/s1. The summed E-state index contributed by atoms with van der Waals surface area (Å²) in [6.07, 6.45) is 11.9. The second-order valence-corrected chi connectivity index (χ2v) is 10.4. The summed E-state index contributed by atoms with van der Waals surface area (Å²) < 4.78 is 12.0. The van der Waals surface area contributed by atoms with Gasteiger partial charge in [-0.25, -0.2) is 0 Å². The van der Waals surface area contributed by atoms with E-state index < -0.39 is 30.4 Å². The fraction of sp³-hybridized carbons (Fsp3) is 0.679. The lowest BCUT2D eigenvalue weighted by atomic mass is 9.95. The molecule has 3 aliphatic rings. The minimum Gasteiger partial charge on any atom is -0.481 e. The van der Waals surface area contributed by atoms with E-state index in [1.165, 1.54) is 11.1 Å². The number of aliphatic carboxylic acids is 1. The summed E-state index contributed by atoms with van der Waals surface area (Å²) in [6, 6.07) is 0. The second-order valence-electron chi connectivity index (χ2n) is 10.4. The molecule has 0 radical (unpaired) electrons. The van der Waals surface area contributed by atoms with Gasteiger partial charge in [0.2, 0.25) is 0 Å². The van der Waals surface area contributed by atoms with E-state index in [4.69, 9.17) is 14.6 Å². The van der Waals surface area contributed by atoms with Gasteiger partial charge in [-0.3, -0.25) is 4.79 Å². The number of carbonyl (C=O) groups is 1. The van der Waals surface area contributed by atoms with Crippen molar-refractivity contribution in [1.29, 1.82) is 0 Å². The van der Waals surface area contributed by atoms with Crippen LogP contribution in [0.25, 0.3) is 0 Å². The monoisotopic (exact) mass is 474 g/mol. The summed E-state index contributed by atoms with van der Waals surface area (Å²) in [5, 5.41) is 29.3. The van der Waals surface area contributed by atoms with Crippen molar-refractivity contribution >= 4 is 5.97 Å². The summed E-state index contributed by atoms with van der Waals surface area (Å²) in [6.45, 7) is 10.9. The highest BCUT2D eigenvalue weighted by Crippen LogP contribution is 2.48. The van der Waals surface area contributed by atoms with Crippen LogP contribution in [0.1, 0.15) is 60.3 Å². The molecular weight excluding hydrogens is 432 g/mol. The van der Waals surface area contributed by atoms with Gasteiger partial charge in [0.15, 0.2) is 0 Å².